The predicted molar refractivity (Wildman–Crippen MR) is 67.1 cm³/mol. The lowest BCUT2D eigenvalue weighted by Crippen LogP contribution is -2.23. The summed E-state index contributed by atoms with van der Waals surface area (Å²) < 4.78 is 0. The smallest absolute Gasteiger partial charge is 0.136 e. The quantitative estimate of drug-likeness (QED) is 0.657. The van der Waals surface area contributed by atoms with E-state index in [4.69, 9.17) is 0 Å². The van der Waals surface area contributed by atoms with Crippen LogP contribution in [0.1, 0.15) is 53.4 Å². The highest BCUT2D eigenvalue weighted by atomic mass is 16.1. The van der Waals surface area contributed by atoms with E-state index < -0.39 is 0 Å². The van der Waals surface area contributed by atoms with E-state index >= 15 is 0 Å². The molecule has 16 heavy (non-hydrogen) atoms. The highest BCUT2D eigenvalue weighted by Crippen LogP contribution is 2.47. The maximum atomic E-state index is 12.1. The summed E-state index contributed by atoms with van der Waals surface area (Å²) in [6.07, 6.45) is 4.76. The van der Waals surface area contributed by atoms with Gasteiger partial charge in [0.05, 0.1) is 0 Å². The van der Waals surface area contributed by atoms with Crippen LogP contribution in [0.2, 0.25) is 0 Å². The van der Waals surface area contributed by atoms with Crippen LogP contribution in [0.3, 0.4) is 0 Å². The number of hydrogen-bond acceptors (Lipinski definition) is 1. The Kier molecular flexibility index (Phi) is 3.42. The molecule has 92 valence electrons. The fraction of sp³-hybridized carbons (Fsp3) is 0.933. The number of hydrogen-bond donors (Lipinski definition) is 0. The summed E-state index contributed by atoms with van der Waals surface area (Å²) in [5, 5.41) is 0. The number of carbonyl (C=O) groups excluding carboxylic acids is 1. The van der Waals surface area contributed by atoms with Gasteiger partial charge < -0.3 is 0 Å². The average molecular weight is 222 g/mol. The number of carbonyl (C=O) groups is 1. The molecule has 0 spiro atoms. The van der Waals surface area contributed by atoms with Gasteiger partial charge in [0.2, 0.25) is 0 Å². The molecule has 0 heterocycles. The van der Waals surface area contributed by atoms with Crippen LogP contribution in [-0.2, 0) is 4.79 Å². The van der Waals surface area contributed by atoms with Gasteiger partial charge in [-0.05, 0) is 48.9 Å². The third kappa shape index (κ3) is 2.06. The molecule has 2 rings (SSSR count). The molecule has 0 aliphatic heterocycles. The zero-order valence-corrected chi connectivity index (χ0v) is 11.2. The Morgan fingerprint density at radius 3 is 2.44 bits per heavy atom. The second-order valence-electron chi connectivity index (χ2n) is 6.63. The molecule has 0 radical (unpaired) electrons. The van der Waals surface area contributed by atoms with Crippen molar-refractivity contribution in [3.8, 4) is 0 Å². The summed E-state index contributed by atoms with van der Waals surface area (Å²) in [5.41, 5.74) is 0. The fourth-order valence-corrected chi connectivity index (χ4v) is 4.05. The first kappa shape index (κ1) is 12.1. The highest BCUT2D eigenvalue weighted by molar-refractivity contribution is 5.84. The van der Waals surface area contributed by atoms with E-state index in [-0.39, 0.29) is 0 Å². The van der Waals surface area contributed by atoms with Crippen LogP contribution < -0.4 is 0 Å². The second-order valence-corrected chi connectivity index (χ2v) is 6.63. The maximum Gasteiger partial charge on any atom is 0.136 e. The first-order valence-electron chi connectivity index (χ1n) is 7.03. The molecule has 0 N–H and O–H groups in total. The van der Waals surface area contributed by atoms with E-state index in [2.05, 4.69) is 27.7 Å². The molecule has 0 amide bonds. The van der Waals surface area contributed by atoms with Crippen molar-refractivity contribution < 1.29 is 4.79 Å². The molecule has 0 saturated heterocycles. The number of fused-ring (bicyclic) bond motifs is 1. The highest BCUT2D eigenvalue weighted by Gasteiger charge is 2.45. The minimum Gasteiger partial charge on any atom is -0.299 e. The molecule has 0 unspecified atom stereocenters. The van der Waals surface area contributed by atoms with Crippen molar-refractivity contribution in [2.45, 2.75) is 53.4 Å². The lowest BCUT2D eigenvalue weighted by Gasteiger charge is -2.26. The average Bonchev–Trinajstić information content (AvgIpc) is 2.39. The van der Waals surface area contributed by atoms with Gasteiger partial charge in [-0.1, -0.05) is 27.7 Å². The second kappa shape index (κ2) is 4.50. The molecule has 0 aromatic rings. The summed E-state index contributed by atoms with van der Waals surface area (Å²) in [6.45, 7) is 9.28. The van der Waals surface area contributed by atoms with E-state index in [0.717, 1.165) is 18.3 Å². The lowest BCUT2D eigenvalue weighted by molar-refractivity contribution is -0.122. The fourth-order valence-electron chi connectivity index (χ4n) is 4.05. The molecule has 2 fully saturated rings. The number of Topliss-reactive ketones (excluding diaryl/α,β-unsaturated/α-hetero) is 1. The molecule has 1 heteroatoms. The summed E-state index contributed by atoms with van der Waals surface area (Å²) >= 11 is 0. The molecule has 2 aliphatic rings. The topological polar surface area (TPSA) is 17.1 Å². The SMILES string of the molecule is CC(C)[C@@H]1CC[C@H](C)[C@@H]2C(=O)C[C@H](C)[C@H]2C1. The van der Waals surface area contributed by atoms with Crippen molar-refractivity contribution in [2.75, 3.05) is 0 Å². The number of ketones is 1. The summed E-state index contributed by atoms with van der Waals surface area (Å²) in [7, 11) is 0. The van der Waals surface area contributed by atoms with Crippen LogP contribution in [-0.4, -0.2) is 5.78 Å². The first-order valence-corrected chi connectivity index (χ1v) is 7.03. The van der Waals surface area contributed by atoms with Crippen molar-refractivity contribution >= 4 is 5.78 Å². The zero-order chi connectivity index (χ0) is 11.9. The van der Waals surface area contributed by atoms with Crippen molar-refractivity contribution in [1.82, 2.24) is 0 Å². The largest absolute Gasteiger partial charge is 0.299 e. The van der Waals surface area contributed by atoms with Crippen molar-refractivity contribution in [3.63, 3.8) is 0 Å². The molecule has 2 saturated carbocycles. The molecule has 0 aromatic heterocycles. The molecular weight excluding hydrogens is 196 g/mol. The van der Waals surface area contributed by atoms with E-state index in [1.807, 2.05) is 0 Å². The molecule has 0 aromatic carbocycles. The van der Waals surface area contributed by atoms with E-state index in [9.17, 15) is 4.79 Å². The maximum absolute atomic E-state index is 12.1. The third-order valence-electron chi connectivity index (χ3n) is 5.21. The first-order chi connectivity index (χ1) is 7.50. The Morgan fingerprint density at radius 2 is 1.81 bits per heavy atom. The molecule has 0 bridgehead atoms. The van der Waals surface area contributed by atoms with Gasteiger partial charge in [0, 0.05) is 12.3 Å². The van der Waals surface area contributed by atoms with Crippen LogP contribution in [0.5, 0.6) is 0 Å². The lowest BCUT2D eigenvalue weighted by atomic mass is 9.78. The minimum absolute atomic E-state index is 0.402. The van der Waals surface area contributed by atoms with Crippen LogP contribution >= 0.6 is 0 Å². The van der Waals surface area contributed by atoms with Crippen molar-refractivity contribution in [1.29, 1.82) is 0 Å². The molecule has 1 nitrogen and oxygen atoms in total. The minimum atomic E-state index is 0.402. The Bertz CT molecular complexity index is 269. The van der Waals surface area contributed by atoms with Crippen LogP contribution in [0.25, 0.3) is 0 Å². The zero-order valence-electron chi connectivity index (χ0n) is 11.2. The van der Waals surface area contributed by atoms with E-state index in [1.165, 1.54) is 19.3 Å². The molecule has 2 aliphatic carbocycles. The third-order valence-corrected chi connectivity index (χ3v) is 5.21. The van der Waals surface area contributed by atoms with Gasteiger partial charge in [0.1, 0.15) is 5.78 Å². The van der Waals surface area contributed by atoms with Gasteiger partial charge in [-0.15, -0.1) is 0 Å². The van der Waals surface area contributed by atoms with Gasteiger partial charge in [-0.2, -0.15) is 0 Å². The van der Waals surface area contributed by atoms with Crippen molar-refractivity contribution in [3.05, 3.63) is 0 Å². The van der Waals surface area contributed by atoms with Crippen LogP contribution in [0.4, 0.5) is 0 Å². The van der Waals surface area contributed by atoms with Gasteiger partial charge in [0.15, 0.2) is 0 Å². The predicted octanol–water partition coefficient (Wildman–Crippen LogP) is 3.92. The Balaban J connectivity index is 2.18. The Labute approximate surface area is 100.0 Å². The summed E-state index contributed by atoms with van der Waals surface area (Å²) in [6, 6.07) is 0. The molecule has 5 atom stereocenters. The van der Waals surface area contributed by atoms with Gasteiger partial charge in [-0.3, -0.25) is 4.79 Å². The van der Waals surface area contributed by atoms with Gasteiger partial charge in [-0.25, -0.2) is 0 Å². The van der Waals surface area contributed by atoms with Gasteiger partial charge in [0.25, 0.3) is 0 Å². The Hall–Kier alpha value is -0.330. The standard InChI is InChI=1S/C15H26O/c1-9(2)12-6-5-10(3)15-13(8-12)11(4)7-14(15)16/h9-13,15H,5-8H2,1-4H3/t10-,11-,12+,13+,15-/m0/s1. The summed E-state index contributed by atoms with van der Waals surface area (Å²) in [5.74, 6) is 4.57. The van der Waals surface area contributed by atoms with Crippen LogP contribution in [0.15, 0.2) is 0 Å². The Morgan fingerprint density at radius 1 is 1.12 bits per heavy atom. The van der Waals surface area contributed by atoms with E-state index in [0.29, 0.717) is 29.5 Å². The van der Waals surface area contributed by atoms with Crippen molar-refractivity contribution in [2.24, 2.45) is 35.5 Å². The molecular formula is C15H26O. The summed E-state index contributed by atoms with van der Waals surface area (Å²) in [4.78, 5) is 12.1. The monoisotopic (exact) mass is 222 g/mol. The van der Waals surface area contributed by atoms with Crippen LogP contribution in [0, 0.1) is 35.5 Å². The normalized spacial score (nSPS) is 44.6. The van der Waals surface area contributed by atoms with Gasteiger partial charge >= 0.3 is 0 Å². The van der Waals surface area contributed by atoms with E-state index in [1.54, 1.807) is 0 Å². The number of rotatable bonds is 1.